The maximum Gasteiger partial charge on any atom is 0.273 e. The summed E-state index contributed by atoms with van der Waals surface area (Å²) in [4.78, 5) is 22.4. The lowest BCUT2D eigenvalue weighted by molar-refractivity contribution is -0.385. The molecule has 1 amide bonds. The lowest BCUT2D eigenvalue weighted by atomic mass is 10.1. The molecule has 7 nitrogen and oxygen atoms in total. The number of nitro benzene ring substituents is 1. The number of nitrogens with one attached hydrogen (secondary N) is 1. The molecule has 1 aromatic carbocycles. The third kappa shape index (κ3) is 5.30. The van der Waals surface area contributed by atoms with Crippen LogP contribution in [0, 0.1) is 17.0 Å². The molecule has 1 unspecified atom stereocenters. The fourth-order valence-electron chi connectivity index (χ4n) is 2.42. The van der Waals surface area contributed by atoms with E-state index >= 15 is 0 Å². The van der Waals surface area contributed by atoms with Gasteiger partial charge in [-0.3, -0.25) is 14.9 Å². The molecule has 1 N–H and O–H groups in total. The highest BCUT2D eigenvalue weighted by atomic mass is 16.6. The number of carbonyl (C=O) groups excluding carboxylic acids is 1. The molecule has 1 fully saturated rings. The van der Waals surface area contributed by atoms with Gasteiger partial charge in [0.25, 0.3) is 11.6 Å². The number of benzene rings is 1. The molecule has 0 saturated carbocycles. The summed E-state index contributed by atoms with van der Waals surface area (Å²) in [6.45, 7) is 4.07. The molecule has 0 radical (unpaired) electrons. The second-order valence-corrected chi connectivity index (χ2v) is 5.58. The molecule has 126 valence electrons. The van der Waals surface area contributed by atoms with E-state index in [4.69, 9.17) is 9.47 Å². The van der Waals surface area contributed by atoms with Gasteiger partial charge in [-0.25, -0.2) is 0 Å². The van der Waals surface area contributed by atoms with E-state index in [0.717, 1.165) is 19.4 Å². The van der Waals surface area contributed by atoms with E-state index in [1.54, 1.807) is 19.1 Å². The fraction of sp³-hybridized carbons (Fsp3) is 0.562. The molecule has 1 saturated heterocycles. The van der Waals surface area contributed by atoms with Gasteiger partial charge in [0.2, 0.25) is 0 Å². The maximum atomic E-state index is 12.0. The third-order valence-corrected chi connectivity index (χ3v) is 3.75. The first kappa shape index (κ1) is 17.4. The smallest absolute Gasteiger partial charge is 0.273 e. The molecular formula is C16H22N2O5. The Bertz CT molecular complexity index is 555. The number of ether oxygens (including phenoxy) is 2. The van der Waals surface area contributed by atoms with Crippen LogP contribution < -0.4 is 5.32 Å². The molecule has 1 atom stereocenters. The minimum Gasteiger partial charge on any atom is -0.379 e. The monoisotopic (exact) mass is 322 g/mol. The molecule has 2 rings (SSSR count). The highest BCUT2D eigenvalue weighted by molar-refractivity contribution is 5.94. The van der Waals surface area contributed by atoms with Gasteiger partial charge in [0.1, 0.15) is 0 Å². The van der Waals surface area contributed by atoms with Gasteiger partial charge in [0.15, 0.2) is 0 Å². The van der Waals surface area contributed by atoms with Crippen molar-refractivity contribution in [3.05, 3.63) is 39.4 Å². The zero-order valence-corrected chi connectivity index (χ0v) is 13.2. The quantitative estimate of drug-likeness (QED) is 0.450. The summed E-state index contributed by atoms with van der Waals surface area (Å²) in [5.41, 5.74) is 0.786. The molecule has 0 spiro atoms. The number of nitro groups is 1. The first-order valence-corrected chi connectivity index (χ1v) is 7.80. The van der Waals surface area contributed by atoms with E-state index in [1.807, 2.05) is 0 Å². The van der Waals surface area contributed by atoms with Crippen LogP contribution in [0.15, 0.2) is 18.2 Å². The Balaban J connectivity index is 1.68. The lowest BCUT2D eigenvalue weighted by Gasteiger charge is -2.10. The molecule has 0 aliphatic carbocycles. The third-order valence-electron chi connectivity index (χ3n) is 3.75. The van der Waals surface area contributed by atoms with E-state index < -0.39 is 4.92 Å². The molecule has 1 heterocycles. The number of nitrogens with zero attached hydrogens (tertiary/aromatic N) is 1. The number of hydrogen-bond acceptors (Lipinski definition) is 5. The Hall–Kier alpha value is -1.99. The number of carbonyl (C=O) groups is 1. The summed E-state index contributed by atoms with van der Waals surface area (Å²) in [6.07, 6.45) is 3.03. The zero-order chi connectivity index (χ0) is 16.7. The maximum absolute atomic E-state index is 12.0. The predicted octanol–water partition coefficient (Wildman–Crippen LogP) is 2.22. The van der Waals surface area contributed by atoms with E-state index in [0.29, 0.717) is 37.3 Å². The van der Waals surface area contributed by atoms with Gasteiger partial charge >= 0.3 is 0 Å². The Morgan fingerprint density at radius 1 is 1.52 bits per heavy atom. The van der Waals surface area contributed by atoms with E-state index in [2.05, 4.69) is 5.32 Å². The SMILES string of the molecule is Cc1ccc(C(=O)NCCCOCC2CCCO2)cc1[N+](=O)[O-]. The number of rotatable bonds is 8. The van der Waals surface area contributed by atoms with Crippen molar-refractivity contribution in [2.75, 3.05) is 26.4 Å². The second kappa shape index (κ2) is 8.59. The van der Waals surface area contributed by atoms with Gasteiger partial charge in [-0.15, -0.1) is 0 Å². The van der Waals surface area contributed by atoms with Gasteiger partial charge in [0.05, 0.1) is 17.6 Å². The minimum absolute atomic E-state index is 0.0439. The fourth-order valence-corrected chi connectivity index (χ4v) is 2.42. The highest BCUT2D eigenvalue weighted by Gasteiger charge is 2.16. The van der Waals surface area contributed by atoms with Crippen molar-refractivity contribution >= 4 is 11.6 Å². The van der Waals surface area contributed by atoms with Crippen molar-refractivity contribution in [2.45, 2.75) is 32.3 Å². The van der Waals surface area contributed by atoms with Gasteiger partial charge in [0, 0.05) is 37.0 Å². The average molecular weight is 322 g/mol. The van der Waals surface area contributed by atoms with Crippen LogP contribution >= 0.6 is 0 Å². The van der Waals surface area contributed by atoms with E-state index in [1.165, 1.54) is 6.07 Å². The Labute approximate surface area is 135 Å². The van der Waals surface area contributed by atoms with Crippen molar-refractivity contribution in [3.63, 3.8) is 0 Å². The summed E-state index contributed by atoms with van der Waals surface area (Å²) in [5.74, 6) is -0.313. The number of amides is 1. The molecule has 23 heavy (non-hydrogen) atoms. The predicted molar refractivity (Wildman–Crippen MR) is 84.6 cm³/mol. The second-order valence-electron chi connectivity index (χ2n) is 5.58. The van der Waals surface area contributed by atoms with Gasteiger partial charge in [-0.1, -0.05) is 6.07 Å². The number of hydrogen-bond donors (Lipinski definition) is 1. The summed E-state index contributed by atoms with van der Waals surface area (Å²) < 4.78 is 11.0. The van der Waals surface area contributed by atoms with Crippen LogP contribution in [0.2, 0.25) is 0 Å². The van der Waals surface area contributed by atoms with Gasteiger partial charge < -0.3 is 14.8 Å². The summed E-state index contributed by atoms with van der Waals surface area (Å²) >= 11 is 0. The van der Waals surface area contributed by atoms with Gasteiger partial charge in [-0.05, 0) is 32.3 Å². The molecular weight excluding hydrogens is 300 g/mol. The van der Waals surface area contributed by atoms with Crippen molar-refractivity contribution < 1.29 is 19.2 Å². The lowest BCUT2D eigenvalue weighted by Crippen LogP contribution is -2.25. The normalized spacial score (nSPS) is 17.2. The van der Waals surface area contributed by atoms with Crippen molar-refractivity contribution in [1.82, 2.24) is 5.32 Å². The van der Waals surface area contributed by atoms with Crippen LogP contribution in [0.25, 0.3) is 0 Å². The van der Waals surface area contributed by atoms with E-state index in [9.17, 15) is 14.9 Å². The average Bonchev–Trinajstić information content (AvgIpc) is 3.04. The van der Waals surface area contributed by atoms with Gasteiger partial charge in [-0.2, -0.15) is 0 Å². The van der Waals surface area contributed by atoms with Crippen LogP contribution in [-0.2, 0) is 9.47 Å². The number of aryl methyl sites for hydroxylation is 1. The Morgan fingerprint density at radius 3 is 3.04 bits per heavy atom. The summed E-state index contributed by atoms with van der Waals surface area (Å²) in [6, 6.07) is 4.47. The molecule has 0 aromatic heterocycles. The Morgan fingerprint density at radius 2 is 2.35 bits per heavy atom. The van der Waals surface area contributed by atoms with Crippen LogP contribution in [0.4, 0.5) is 5.69 Å². The summed E-state index contributed by atoms with van der Waals surface area (Å²) in [5, 5.41) is 13.6. The van der Waals surface area contributed by atoms with Crippen molar-refractivity contribution in [3.8, 4) is 0 Å². The first-order chi connectivity index (χ1) is 11.1. The molecule has 0 bridgehead atoms. The van der Waals surface area contributed by atoms with Crippen molar-refractivity contribution in [1.29, 1.82) is 0 Å². The van der Waals surface area contributed by atoms with Crippen LogP contribution in [0.5, 0.6) is 0 Å². The standard InChI is InChI=1S/C16H22N2O5/c1-12-5-6-13(10-15(12)18(20)21)16(19)17-7-3-8-22-11-14-4-2-9-23-14/h5-6,10,14H,2-4,7-9,11H2,1H3,(H,17,19). The topological polar surface area (TPSA) is 90.7 Å². The van der Waals surface area contributed by atoms with Crippen LogP contribution in [0.3, 0.4) is 0 Å². The van der Waals surface area contributed by atoms with Crippen molar-refractivity contribution in [2.24, 2.45) is 0 Å². The summed E-state index contributed by atoms with van der Waals surface area (Å²) in [7, 11) is 0. The molecule has 1 aliphatic heterocycles. The molecule has 1 aromatic rings. The Kier molecular flexibility index (Phi) is 6.49. The van der Waals surface area contributed by atoms with Crippen LogP contribution in [0.1, 0.15) is 35.2 Å². The first-order valence-electron chi connectivity index (χ1n) is 7.80. The molecule has 1 aliphatic rings. The van der Waals surface area contributed by atoms with Crippen LogP contribution in [-0.4, -0.2) is 43.3 Å². The van der Waals surface area contributed by atoms with E-state index in [-0.39, 0.29) is 17.7 Å². The largest absolute Gasteiger partial charge is 0.379 e. The zero-order valence-electron chi connectivity index (χ0n) is 13.2. The minimum atomic E-state index is -0.481. The highest BCUT2D eigenvalue weighted by Crippen LogP contribution is 2.19. The molecule has 7 heteroatoms.